The first-order chi connectivity index (χ1) is 44.6. The zero-order valence-corrected chi connectivity index (χ0v) is 55.4. The lowest BCUT2D eigenvalue weighted by molar-refractivity contribution is 0.123. The van der Waals surface area contributed by atoms with E-state index in [4.69, 9.17) is 0 Å². The van der Waals surface area contributed by atoms with E-state index in [1.54, 1.807) is 0 Å². The summed E-state index contributed by atoms with van der Waals surface area (Å²) in [5, 5.41) is 0. The van der Waals surface area contributed by atoms with Gasteiger partial charge in [0.05, 0.1) is 0 Å². The van der Waals surface area contributed by atoms with E-state index in [0.717, 1.165) is 111 Å². The van der Waals surface area contributed by atoms with Crippen molar-refractivity contribution in [3.63, 3.8) is 0 Å². The van der Waals surface area contributed by atoms with Gasteiger partial charge in [-0.1, -0.05) is 352 Å². The molecule has 1 unspecified atom stereocenters. The summed E-state index contributed by atoms with van der Waals surface area (Å²) >= 11 is 0. The molecule has 8 aromatic rings. The lowest BCUT2D eigenvalue weighted by Gasteiger charge is -2.35. The van der Waals surface area contributed by atoms with Crippen molar-refractivity contribution in [2.45, 2.75) is 168 Å². The molecule has 0 bridgehead atoms. The second-order valence-corrected chi connectivity index (χ2v) is 25.7. The van der Waals surface area contributed by atoms with Crippen LogP contribution in [0, 0.1) is 0 Å². The second kappa shape index (κ2) is 43.3. The van der Waals surface area contributed by atoms with Gasteiger partial charge in [0, 0.05) is 117 Å². The Bertz CT molecular complexity index is 2910. The fraction of sp³-hybridized carbons (Fsp3) is 0.429. The highest BCUT2D eigenvalue weighted by Crippen LogP contribution is 2.29. The van der Waals surface area contributed by atoms with Gasteiger partial charge in [0.25, 0.3) is 0 Å². The molecule has 0 radical (unpaired) electrons. The normalized spacial score (nSPS) is 12.1. The second-order valence-electron chi connectivity index (χ2n) is 25.7. The summed E-state index contributed by atoms with van der Waals surface area (Å²) in [6.07, 6.45) is 23.5. The molecule has 8 rings (SSSR count). The minimum Gasteiger partial charge on any atom is -0.297 e. The number of rotatable bonds is 48. The molecule has 0 heterocycles. The molecule has 0 aromatic heterocycles. The molecule has 0 aliphatic carbocycles. The molecule has 6 nitrogen and oxygen atoms in total. The zero-order chi connectivity index (χ0) is 62.0. The Morgan fingerprint density at radius 2 is 0.422 bits per heavy atom. The van der Waals surface area contributed by atoms with Crippen molar-refractivity contribution in [1.29, 1.82) is 0 Å². The van der Waals surface area contributed by atoms with Crippen LogP contribution < -0.4 is 0 Å². The number of hydrogen-bond donors (Lipinski definition) is 0. The lowest BCUT2D eigenvalue weighted by Crippen LogP contribution is -2.43. The van der Waals surface area contributed by atoms with Gasteiger partial charge >= 0.3 is 0 Å². The smallest absolute Gasteiger partial charge is 0.0352 e. The summed E-state index contributed by atoms with van der Waals surface area (Å²) in [5.41, 5.74) is 11.1. The third-order valence-electron chi connectivity index (χ3n) is 18.3. The third kappa shape index (κ3) is 28.4. The van der Waals surface area contributed by atoms with Crippen LogP contribution in [0.4, 0.5) is 0 Å². The van der Waals surface area contributed by atoms with Crippen molar-refractivity contribution in [2.24, 2.45) is 0 Å². The van der Waals surface area contributed by atoms with Crippen molar-refractivity contribution < 1.29 is 0 Å². The summed E-state index contributed by atoms with van der Waals surface area (Å²) in [6, 6.07) is 90.0. The first kappa shape index (κ1) is 69.4. The van der Waals surface area contributed by atoms with E-state index in [1.807, 2.05) is 0 Å². The Morgan fingerprint density at radius 1 is 0.211 bits per heavy atom. The van der Waals surface area contributed by atoms with E-state index in [0.29, 0.717) is 6.04 Å². The lowest BCUT2D eigenvalue weighted by atomic mass is 9.97. The summed E-state index contributed by atoms with van der Waals surface area (Å²) in [4.78, 5) is 16.4. The van der Waals surface area contributed by atoms with Crippen LogP contribution >= 0.6 is 0 Å². The summed E-state index contributed by atoms with van der Waals surface area (Å²) < 4.78 is 0. The fourth-order valence-corrected chi connectivity index (χ4v) is 13.0. The van der Waals surface area contributed by atoms with Crippen molar-refractivity contribution in [3.8, 4) is 0 Å². The minimum atomic E-state index is 0.355. The highest BCUT2D eigenvalue weighted by atomic mass is 15.3. The van der Waals surface area contributed by atoms with Gasteiger partial charge in [-0.25, -0.2) is 0 Å². The molecule has 478 valence electrons. The summed E-state index contributed by atoms with van der Waals surface area (Å²) in [7, 11) is 0. The molecule has 6 heteroatoms. The maximum atomic E-state index is 2.84. The topological polar surface area (TPSA) is 19.4 Å². The molecule has 0 saturated heterocycles. The highest BCUT2D eigenvalue weighted by molar-refractivity contribution is 5.23. The van der Waals surface area contributed by atoms with Gasteiger partial charge in [0.15, 0.2) is 0 Å². The quantitative estimate of drug-likeness (QED) is 0.0352. The molecule has 8 aromatic carbocycles. The van der Waals surface area contributed by atoms with Crippen LogP contribution in [-0.4, -0.2) is 94.8 Å². The van der Waals surface area contributed by atoms with E-state index in [-0.39, 0.29) is 0 Å². The van der Waals surface area contributed by atoms with Gasteiger partial charge in [0.1, 0.15) is 0 Å². The zero-order valence-electron chi connectivity index (χ0n) is 55.4. The Hall–Kier alpha value is -6.48. The molecule has 0 N–H and O–H groups in total. The molecule has 0 fully saturated rings. The Labute approximate surface area is 547 Å². The Morgan fingerprint density at radius 3 is 0.700 bits per heavy atom. The fourth-order valence-electron chi connectivity index (χ4n) is 13.0. The van der Waals surface area contributed by atoms with Gasteiger partial charge in [-0.2, -0.15) is 0 Å². The average molecular weight is 1210 g/mol. The first-order valence-electron chi connectivity index (χ1n) is 35.3. The van der Waals surface area contributed by atoms with Crippen molar-refractivity contribution in [3.05, 3.63) is 287 Å². The van der Waals surface area contributed by atoms with Crippen molar-refractivity contribution in [1.82, 2.24) is 29.4 Å². The van der Waals surface area contributed by atoms with Crippen molar-refractivity contribution >= 4 is 0 Å². The largest absolute Gasteiger partial charge is 0.297 e. The number of hydrogen-bond acceptors (Lipinski definition) is 6. The van der Waals surface area contributed by atoms with Crippen LogP contribution in [0.15, 0.2) is 243 Å². The van der Waals surface area contributed by atoms with E-state index in [1.165, 1.54) is 154 Å². The van der Waals surface area contributed by atoms with Crippen LogP contribution in [0.2, 0.25) is 0 Å². The van der Waals surface area contributed by atoms with Crippen LogP contribution in [0.25, 0.3) is 0 Å². The van der Waals surface area contributed by atoms with Gasteiger partial charge in [-0.05, 0) is 50.9 Å². The molecule has 1 atom stereocenters. The average Bonchev–Trinajstić information content (AvgIpc) is 3.62. The minimum absolute atomic E-state index is 0.355. The number of unbranched alkanes of at least 4 members (excludes halogenated alkanes) is 15. The Kier molecular flexibility index (Phi) is 33.4. The van der Waals surface area contributed by atoms with E-state index in [9.17, 15) is 0 Å². The van der Waals surface area contributed by atoms with E-state index in [2.05, 4.69) is 279 Å². The molecular weight excluding hydrogens is 1090 g/mol. The van der Waals surface area contributed by atoms with Gasteiger partial charge in [-0.15, -0.1) is 0 Å². The molecule has 90 heavy (non-hydrogen) atoms. The van der Waals surface area contributed by atoms with E-state index >= 15 is 0 Å². The van der Waals surface area contributed by atoms with Crippen LogP contribution in [-0.2, 0) is 45.8 Å². The maximum Gasteiger partial charge on any atom is 0.0352 e. The van der Waals surface area contributed by atoms with Gasteiger partial charge in [-0.3, -0.25) is 29.4 Å². The van der Waals surface area contributed by atoms with Gasteiger partial charge < -0.3 is 0 Å². The van der Waals surface area contributed by atoms with Crippen LogP contribution in [0.5, 0.6) is 0 Å². The molecular formula is C84H112N6. The maximum absolute atomic E-state index is 2.84. The molecule has 0 aliphatic rings. The predicted octanol–water partition coefficient (Wildman–Crippen LogP) is 19.6. The first-order valence-corrected chi connectivity index (χ1v) is 35.3. The molecule has 0 aliphatic heterocycles. The van der Waals surface area contributed by atoms with Crippen LogP contribution in [0.3, 0.4) is 0 Å². The standard InChI is InChI=1S/C84H112N6/c1-2-3-4-5-6-7-8-9-10-11-12-13-14-15-16-41-58-84(83-56-39-24-40-57-83)90(75-82-54-37-23-38-55-82)68-67-88(72-79-48-31-20-32-49-79)64-63-86(70-77-44-27-18-28-45-77)60-59-85(69-76-42-25-17-26-43-76)61-62-87(71-78-46-29-19-30-47-78)65-66-89(73-80-50-33-21-34-51-80)74-81-52-35-22-36-53-81/h17-40,42-57,84H,2-16,41,58-75H2,1H3. The molecule has 0 spiro atoms. The predicted molar refractivity (Wildman–Crippen MR) is 384 cm³/mol. The third-order valence-corrected chi connectivity index (χ3v) is 18.3. The highest BCUT2D eigenvalue weighted by Gasteiger charge is 2.23. The number of nitrogens with zero attached hydrogens (tertiary/aromatic N) is 6. The van der Waals surface area contributed by atoms with Crippen molar-refractivity contribution in [2.75, 3.05) is 65.4 Å². The monoisotopic (exact) mass is 1200 g/mol. The SMILES string of the molecule is CCCCCCCCCCCCCCCCCCC(c1ccccc1)N(CCN(CCN(CCN(CCN(CCN(Cc1ccccc1)Cc1ccccc1)Cc1ccccc1)Cc1ccccc1)Cc1ccccc1)Cc1ccccc1)Cc1ccccc1. The molecule has 0 amide bonds. The molecule has 0 saturated carbocycles. The summed E-state index contributed by atoms with van der Waals surface area (Å²) in [6.45, 7) is 18.7. The van der Waals surface area contributed by atoms with Crippen LogP contribution in [0.1, 0.15) is 167 Å². The summed E-state index contributed by atoms with van der Waals surface area (Å²) in [5.74, 6) is 0. The Balaban J connectivity index is 0.939. The van der Waals surface area contributed by atoms with Gasteiger partial charge in [0.2, 0.25) is 0 Å². The number of benzene rings is 8. The van der Waals surface area contributed by atoms with E-state index < -0.39 is 0 Å².